The number of carbonyl (C=O) groups excluding carboxylic acids is 3. The summed E-state index contributed by atoms with van der Waals surface area (Å²) >= 11 is 0. The Bertz CT molecular complexity index is 1280. The number of benzene rings is 1. The number of aromatic nitrogens is 1. The average Bonchev–Trinajstić information content (AvgIpc) is 3.46. The molecule has 0 saturated carbocycles. The molecule has 7 heteroatoms. The largest absolute Gasteiger partial charge is 0.336 e. The number of anilines is 2. The lowest BCUT2D eigenvalue weighted by Gasteiger charge is -2.24. The molecule has 2 aliphatic carbocycles. The standard InChI is InChI=1S/C27H26N4O3/c1-16(32)31-15-19(21-5-2-3-7-23(21)31)12-24(33)29-20-9-8-17-13-27(14-18(17)11-20)22-6-4-10-28-25(22)30-26(27)34/h2-11,19,21,23H,12-15H2,1H3,(H,29,33)(H,28,30,34). The molecule has 4 unspecified atom stereocenters. The van der Waals surface area contributed by atoms with Crippen molar-refractivity contribution in [3.8, 4) is 0 Å². The summed E-state index contributed by atoms with van der Waals surface area (Å²) in [5, 5.41) is 5.98. The number of likely N-dealkylation sites (tertiary alicyclic amines) is 1. The van der Waals surface area contributed by atoms with Gasteiger partial charge in [0.05, 0.1) is 11.5 Å². The topological polar surface area (TPSA) is 91.4 Å². The summed E-state index contributed by atoms with van der Waals surface area (Å²) in [5.74, 6) is 0.863. The molecule has 0 bridgehead atoms. The number of carbonyl (C=O) groups is 3. The second-order valence-electron chi connectivity index (χ2n) is 9.79. The van der Waals surface area contributed by atoms with E-state index in [0.29, 0.717) is 31.6 Å². The number of allylic oxidation sites excluding steroid dienone is 2. The summed E-state index contributed by atoms with van der Waals surface area (Å²) in [7, 11) is 0. The fourth-order valence-electron chi connectivity index (χ4n) is 6.19. The van der Waals surface area contributed by atoms with Crippen molar-refractivity contribution >= 4 is 29.2 Å². The average molecular weight is 455 g/mol. The van der Waals surface area contributed by atoms with Crippen LogP contribution in [0.4, 0.5) is 11.5 Å². The maximum atomic E-state index is 13.0. The monoisotopic (exact) mass is 454 g/mol. The normalized spacial score (nSPS) is 28.0. The molecule has 0 radical (unpaired) electrons. The van der Waals surface area contributed by atoms with Gasteiger partial charge in [-0.15, -0.1) is 0 Å². The van der Waals surface area contributed by atoms with E-state index in [1.807, 2.05) is 53.5 Å². The highest BCUT2D eigenvalue weighted by atomic mass is 16.2. The molecule has 34 heavy (non-hydrogen) atoms. The molecule has 2 N–H and O–H groups in total. The van der Waals surface area contributed by atoms with Crippen LogP contribution in [0.5, 0.6) is 0 Å². The Hall–Kier alpha value is -3.74. The van der Waals surface area contributed by atoms with Crippen LogP contribution in [0.2, 0.25) is 0 Å². The molecule has 4 atom stereocenters. The zero-order chi connectivity index (χ0) is 23.4. The first kappa shape index (κ1) is 20.8. The first-order valence-corrected chi connectivity index (χ1v) is 11.8. The molecule has 1 saturated heterocycles. The van der Waals surface area contributed by atoms with Gasteiger partial charge in [0, 0.05) is 43.3 Å². The third kappa shape index (κ3) is 3.18. The van der Waals surface area contributed by atoms with Crippen molar-refractivity contribution in [2.75, 3.05) is 17.2 Å². The molecule has 1 spiro atoms. The maximum Gasteiger partial charge on any atom is 0.237 e. The maximum absolute atomic E-state index is 13.0. The lowest BCUT2D eigenvalue weighted by molar-refractivity contribution is -0.129. The zero-order valence-corrected chi connectivity index (χ0v) is 19.0. The van der Waals surface area contributed by atoms with Gasteiger partial charge < -0.3 is 15.5 Å². The molecular weight excluding hydrogens is 428 g/mol. The van der Waals surface area contributed by atoms with E-state index in [1.54, 1.807) is 13.1 Å². The molecule has 3 heterocycles. The van der Waals surface area contributed by atoms with Crippen LogP contribution >= 0.6 is 0 Å². The lowest BCUT2D eigenvalue weighted by atomic mass is 9.79. The van der Waals surface area contributed by atoms with Crippen molar-refractivity contribution in [2.45, 2.75) is 37.6 Å². The fourth-order valence-corrected chi connectivity index (χ4v) is 6.19. The summed E-state index contributed by atoms with van der Waals surface area (Å²) in [6, 6.07) is 9.79. The van der Waals surface area contributed by atoms with Gasteiger partial charge in [0.25, 0.3) is 0 Å². The van der Waals surface area contributed by atoms with E-state index in [9.17, 15) is 14.4 Å². The Morgan fingerprint density at radius 2 is 2.00 bits per heavy atom. The quantitative estimate of drug-likeness (QED) is 0.746. The number of rotatable bonds is 3. The molecule has 172 valence electrons. The Morgan fingerprint density at radius 1 is 1.18 bits per heavy atom. The Kier molecular flexibility index (Phi) is 4.69. The zero-order valence-electron chi connectivity index (χ0n) is 19.0. The minimum absolute atomic E-state index is 0.0108. The summed E-state index contributed by atoms with van der Waals surface area (Å²) in [6.07, 6.45) is 11.4. The van der Waals surface area contributed by atoms with Crippen molar-refractivity contribution < 1.29 is 14.4 Å². The predicted molar refractivity (Wildman–Crippen MR) is 128 cm³/mol. The predicted octanol–water partition coefficient (Wildman–Crippen LogP) is 2.99. The SMILES string of the molecule is CC(=O)N1CC(CC(=O)Nc2ccc3c(c2)CC2(C3)C(=O)Nc3ncccc32)C2C=CC=CC21. The van der Waals surface area contributed by atoms with Crippen LogP contribution in [0.25, 0.3) is 0 Å². The third-order valence-electron chi connectivity index (χ3n) is 7.80. The van der Waals surface area contributed by atoms with E-state index in [-0.39, 0.29) is 35.6 Å². The highest BCUT2D eigenvalue weighted by molar-refractivity contribution is 6.06. The minimum Gasteiger partial charge on any atom is -0.336 e. The lowest BCUT2D eigenvalue weighted by Crippen LogP contribution is -2.35. The van der Waals surface area contributed by atoms with Crippen LogP contribution in [-0.2, 0) is 32.6 Å². The smallest absolute Gasteiger partial charge is 0.237 e. The van der Waals surface area contributed by atoms with E-state index < -0.39 is 5.41 Å². The number of nitrogens with one attached hydrogen (secondary N) is 2. The molecule has 6 rings (SSSR count). The van der Waals surface area contributed by atoms with Crippen LogP contribution in [0, 0.1) is 11.8 Å². The summed E-state index contributed by atoms with van der Waals surface area (Å²) in [4.78, 5) is 44.1. The molecule has 3 amide bonds. The molecular formula is C27H26N4O3. The van der Waals surface area contributed by atoms with Crippen molar-refractivity contribution in [1.29, 1.82) is 0 Å². The van der Waals surface area contributed by atoms with Gasteiger partial charge in [0.1, 0.15) is 5.82 Å². The van der Waals surface area contributed by atoms with Crippen LogP contribution in [0.15, 0.2) is 60.8 Å². The Labute approximate surface area is 197 Å². The van der Waals surface area contributed by atoms with Crippen molar-refractivity contribution in [3.05, 3.63) is 77.5 Å². The van der Waals surface area contributed by atoms with Gasteiger partial charge in [-0.1, -0.05) is 36.4 Å². The van der Waals surface area contributed by atoms with E-state index in [0.717, 1.165) is 22.4 Å². The van der Waals surface area contributed by atoms with Gasteiger partial charge in [0.15, 0.2) is 0 Å². The minimum atomic E-state index is -0.621. The van der Waals surface area contributed by atoms with Gasteiger partial charge in [-0.2, -0.15) is 0 Å². The van der Waals surface area contributed by atoms with E-state index in [4.69, 9.17) is 0 Å². The van der Waals surface area contributed by atoms with Crippen LogP contribution in [-0.4, -0.2) is 40.2 Å². The van der Waals surface area contributed by atoms with Gasteiger partial charge in [-0.25, -0.2) is 4.98 Å². The molecule has 1 aromatic carbocycles. The van der Waals surface area contributed by atoms with E-state index >= 15 is 0 Å². The molecule has 2 aliphatic heterocycles. The Balaban J connectivity index is 1.17. The van der Waals surface area contributed by atoms with E-state index in [2.05, 4.69) is 21.7 Å². The molecule has 7 nitrogen and oxygen atoms in total. The summed E-state index contributed by atoms with van der Waals surface area (Å²) in [6.45, 7) is 2.17. The third-order valence-corrected chi connectivity index (χ3v) is 7.80. The van der Waals surface area contributed by atoms with Crippen molar-refractivity contribution in [2.24, 2.45) is 11.8 Å². The van der Waals surface area contributed by atoms with Crippen LogP contribution in [0.1, 0.15) is 30.0 Å². The van der Waals surface area contributed by atoms with Crippen molar-refractivity contribution in [3.63, 3.8) is 0 Å². The first-order chi connectivity index (χ1) is 16.4. The van der Waals surface area contributed by atoms with Gasteiger partial charge in [-0.3, -0.25) is 14.4 Å². The molecule has 4 aliphatic rings. The second kappa shape index (κ2) is 7.65. The fraction of sp³-hybridized carbons (Fsp3) is 0.333. The van der Waals surface area contributed by atoms with Gasteiger partial charge in [-0.05, 0) is 48.1 Å². The molecule has 2 aromatic rings. The summed E-state index contributed by atoms with van der Waals surface area (Å²) < 4.78 is 0. The number of hydrogen-bond acceptors (Lipinski definition) is 4. The number of nitrogens with zero attached hydrogens (tertiary/aromatic N) is 2. The van der Waals surface area contributed by atoms with Gasteiger partial charge in [0.2, 0.25) is 17.7 Å². The van der Waals surface area contributed by atoms with Crippen LogP contribution in [0.3, 0.4) is 0 Å². The highest BCUT2D eigenvalue weighted by Gasteiger charge is 2.51. The highest BCUT2D eigenvalue weighted by Crippen LogP contribution is 2.47. The number of hydrogen-bond donors (Lipinski definition) is 2. The summed E-state index contributed by atoms with van der Waals surface area (Å²) in [5.41, 5.74) is 3.27. The number of fused-ring (bicyclic) bond motifs is 4. The first-order valence-electron chi connectivity index (χ1n) is 11.8. The van der Waals surface area contributed by atoms with Crippen LogP contribution < -0.4 is 10.6 Å². The molecule has 1 fully saturated rings. The molecule has 1 aromatic heterocycles. The Morgan fingerprint density at radius 3 is 2.85 bits per heavy atom. The van der Waals surface area contributed by atoms with Crippen molar-refractivity contribution in [1.82, 2.24) is 9.88 Å². The number of pyridine rings is 1. The number of amides is 3. The van der Waals surface area contributed by atoms with E-state index in [1.165, 1.54) is 0 Å². The second-order valence-corrected chi connectivity index (χ2v) is 9.79. The van der Waals surface area contributed by atoms with Gasteiger partial charge >= 0.3 is 0 Å².